The number of fused-ring (bicyclic) bond motifs is 1. The van der Waals surface area contributed by atoms with Crippen molar-refractivity contribution in [3.63, 3.8) is 0 Å². The Bertz CT molecular complexity index is 1170. The first kappa shape index (κ1) is 30.8. The maximum atomic E-state index is 14.8. The average Bonchev–Trinajstić information content (AvgIpc) is 3.48. The van der Waals surface area contributed by atoms with Crippen LogP contribution in [-0.4, -0.2) is 77.9 Å². The van der Waals surface area contributed by atoms with Crippen LogP contribution in [0.1, 0.15) is 47.0 Å². The molecule has 0 saturated carbocycles. The van der Waals surface area contributed by atoms with Gasteiger partial charge in [-0.05, 0) is 55.9 Å². The van der Waals surface area contributed by atoms with Gasteiger partial charge in [-0.1, -0.05) is 39.3 Å². The number of carbonyl (C=O) groups excluding carboxylic acids is 3. The molecule has 1 N–H and O–H groups in total. The molecule has 8 atom stereocenters. The van der Waals surface area contributed by atoms with Crippen molar-refractivity contribution in [3.05, 3.63) is 49.6 Å². The number of hydrogen-bond donors (Lipinski definition) is 1. The molecule has 1 aromatic carbocycles. The minimum atomic E-state index is -1.25. The summed E-state index contributed by atoms with van der Waals surface area (Å²) in [7, 11) is 1.57. The number of rotatable bonds is 13. The first-order valence-corrected chi connectivity index (χ1v) is 14.5. The molecular formula is C32H44N2O7. The zero-order valence-electron chi connectivity index (χ0n) is 24.9. The van der Waals surface area contributed by atoms with Crippen LogP contribution in [0, 0.1) is 23.7 Å². The van der Waals surface area contributed by atoms with E-state index in [-0.39, 0.29) is 43.4 Å². The van der Waals surface area contributed by atoms with Crippen molar-refractivity contribution in [2.75, 3.05) is 31.8 Å². The molecule has 3 aliphatic heterocycles. The third kappa shape index (κ3) is 4.87. The molecule has 3 fully saturated rings. The molecule has 2 amide bonds. The molecule has 224 valence electrons. The number of likely N-dealkylation sites (tertiary alicyclic amines) is 1. The quantitative estimate of drug-likeness (QED) is 0.220. The lowest BCUT2D eigenvalue weighted by Crippen LogP contribution is -2.60. The van der Waals surface area contributed by atoms with Crippen LogP contribution in [0.4, 0.5) is 5.69 Å². The summed E-state index contributed by atoms with van der Waals surface area (Å²) >= 11 is 0. The number of nitrogens with zero attached hydrogens (tertiary/aromatic N) is 2. The Morgan fingerprint density at radius 1 is 1.27 bits per heavy atom. The normalized spacial score (nSPS) is 31.4. The lowest BCUT2D eigenvalue weighted by Gasteiger charge is -2.41. The van der Waals surface area contributed by atoms with Gasteiger partial charge in [0.2, 0.25) is 5.91 Å². The van der Waals surface area contributed by atoms with Gasteiger partial charge in [-0.3, -0.25) is 14.4 Å². The predicted molar refractivity (Wildman–Crippen MR) is 155 cm³/mol. The highest BCUT2D eigenvalue weighted by molar-refractivity contribution is 6.05. The SMILES string of the molecule is C=CCCOC(=O)[C@@H]1[C@H]2C(=O)N([C@@H](CO)[C@@H](C)CC)C(C(=O)N(CC=C)c3ccc(OC)cc3)C23CC(C)[C@@]1(C)O3. The van der Waals surface area contributed by atoms with Gasteiger partial charge in [0, 0.05) is 12.2 Å². The molecule has 2 bridgehead atoms. The Balaban J connectivity index is 1.85. The smallest absolute Gasteiger partial charge is 0.312 e. The molecule has 3 heterocycles. The van der Waals surface area contributed by atoms with Crippen LogP contribution in [0.2, 0.25) is 0 Å². The van der Waals surface area contributed by atoms with Crippen LogP contribution in [0.5, 0.6) is 5.75 Å². The molecule has 1 spiro atoms. The van der Waals surface area contributed by atoms with Crippen LogP contribution < -0.4 is 9.64 Å². The third-order valence-corrected chi connectivity index (χ3v) is 9.61. The molecule has 0 aromatic heterocycles. The molecule has 4 rings (SSSR count). The topological polar surface area (TPSA) is 106 Å². The van der Waals surface area contributed by atoms with E-state index in [1.54, 1.807) is 48.4 Å². The molecule has 3 unspecified atom stereocenters. The van der Waals surface area contributed by atoms with Crippen molar-refractivity contribution < 1.29 is 33.7 Å². The number of methoxy groups -OCH3 is 1. The van der Waals surface area contributed by atoms with Crippen molar-refractivity contribution in [1.29, 1.82) is 0 Å². The molecule has 3 aliphatic rings. The number of benzene rings is 1. The number of esters is 1. The maximum absolute atomic E-state index is 14.8. The fraction of sp³-hybridized carbons (Fsp3) is 0.594. The Morgan fingerprint density at radius 3 is 2.51 bits per heavy atom. The van der Waals surface area contributed by atoms with Gasteiger partial charge >= 0.3 is 5.97 Å². The Morgan fingerprint density at radius 2 is 1.95 bits per heavy atom. The van der Waals surface area contributed by atoms with Gasteiger partial charge in [0.15, 0.2) is 0 Å². The second kappa shape index (κ2) is 12.0. The second-order valence-corrected chi connectivity index (χ2v) is 11.8. The molecular weight excluding hydrogens is 524 g/mol. The summed E-state index contributed by atoms with van der Waals surface area (Å²) in [6.07, 6.45) is 4.89. The average molecular weight is 569 g/mol. The predicted octanol–water partition coefficient (Wildman–Crippen LogP) is 3.75. The number of anilines is 1. The van der Waals surface area contributed by atoms with Crippen molar-refractivity contribution >= 4 is 23.5 Å². The number of carbonyl (C=O) groups is 3. The van der Waals surface area contributed by atoms with Gasteiger partial charge < -0.3 is 29.1 Å². The van der Waals surface area contributed by atoms with Crippen LogP contribution in [-0.2, 0) is 23.9 Å². The number of aliphatic hydroxyl groups excluding tert-OH is 1. The van der Waals surface area contributed by atoms with Crippen LogP contribution in [0.15, 0.2) is 49.6 Å². The zero-order chi connectivity index (χ0) is 30.1. The van der Waals surface area contributed by atoms with Crippen LogP contribution >= 0.6 is 0 Å². The second-order valence-electron chi connectivity index (χ2n) is 11.8. The highest BCUT2D eigenvalue weighted by atomic mass is 16.6. The van der Waals surface area contributed by atoms with Gasteiger partial charge in [-0.2, -0.15) is 0 Å². The standard InChI is InChI=1S/C32H44N2O7/c1-8-11-17-40-30(38)26-25-28(36)34(24(19-35)20(4)10-3)27(32(25)18-21(5)31(26,6)41-32)29(37)33(16-9-2)22-12-14-23(39-7)15-13-22/h8-9,12-15,20-21,24-27,35H,1-2,10-11,16-19H2,3-7H3/t20-,21?,24-,25-,26-,27?,31+,32?/m0/s1. The van der Waals surface area contributed by atoms with Crippen molar-refractivity contribution in [3.8, 4) is 5.75 Å². The van der Waals surface area contributed by atoms with Crippen LogP contribution in [0.25, 0.3) is 0 Å². The van der Waals surface area contributed by atoms with E-state index >= 15 is 0 Å². The Hall–Kier alpha value is -3.17. The van der Waals surface area contributed by atoms with Gasteiger partial charge in [-0.15, -0.1) is 13.2 Å². The number of hydrogen-bond acceptors (Lipinski definition) is 7. The van der Waals surface area contributed by atoms with E-state index in [0.29, 0.717) is 30.7 Å². The summed E-state index contributed by atoms with van der Waals surface area (Å²) in [5.41, 5.74) is -1.62. The highest BCUT2D eigenvalue weighted by Gasteiger charge is 2.81. The molecule has 9 nitrogen and oxygen atoms in total. The minimum absolute atomic E-state index is 0.105. The van der Waals surface area contributed by atoms with Crippen LogP contribution in [0.3, 0.4) is 0 Å². The van der Waals surface area contributed by atoms with Gasteiger partial charge in [0.25, 0.3) is 5.91 Å². The molecule has 0 radical (unpaired) electrons. The summed E-state index contributed by atoms with van der Waals surface area (Å²) in [6, 6.07) is 5.41. The number of ether oxygens (including phenoxy) is 3. The van der Waals surface area contributed by atoms with E-state index < -0.39 is 41.1 Å². The van der Waals surface area contributed by atoms with Gasteiger partial charge in [-0.25, -0.2) is 0 Å². The van der Waals surface area contributed by atoms with Crippen molar-refractivity contribution in [2.24, 2.45) is 23.7 Å². The molecule has 1 aromatic rings. The van der Waals surface area contributed by atoms with Crippen molar-refractivity contribution in [1.82, 2.24) is 4.90 Å². The monoisotopic (exact) mass is 568 g/mol. The fourth-order valence-corrected chi connectivity index (χ4v) is 7.18. The highest BCUT2D eigenvalue weighted by Crippen LogP contribution is 2.66. The largest absolute Gasteiger partial charge is 0.497 e. The number of amides is 2. The van der Waals surface area contributed by atoms with Gasteiger partial charge in [0.05, 0.1) is 37.9 Å². The van der Waals surface area contributed by atoms with E-state index in [1.165, 1.54) is 4.90 Å². The summed E-state index contributed by atoms with van der Waals surface area (Å²) < 4.78 is 17.7. The van der Waals surface area contributed by atoms with E-state index in [2.05, 4.69) is 13.2 Å². The Labute approximate surface area is 243 Å². The maximum Gasteiger partial charge on any atom is 0.312 e. The summed E-state index contributed by atoms with van der Waals surface area (Å²) in [5, 5.41) is 10.6. The molecule has 0 aliphatic carbocycles. The molecule has 41 heavy (non-hydrogen) atoms. The minimum Gasteiger partial charge on any atom is -0.497 e. The molecule has 3 saturated heterocycles. The molecule has 9 heteroatoms. The fourth-order valence-electron chi connectivity index (χ4n) is 7.18. The summed E-state index contributed by atoms with van der Waals surface area (Å²) in [6.45, 7) is 15.4. The third-order valence-electron chi connectivity index (χ3n) is 9.61. The summed E-state index contributed by atoms with van der Waals surface area (Å²) in [4.78, 5) is 46.0. The number of aliphatic hydroxyl groups is 1. The first-order valence-electron chi connectivity index (χ1n) is 14.5. The van der Waals surface area contributed by atoms with E-state index in [9.17, 15) is 19.5 Å². The van der Waals surface area contributed by atoms with E-state index in [1.807, 2.05) is 27.7 Å². The first-order chi connectivity index (χ1) is 19.6. The zero-order valence-corrected chi connectivity index (χ0v) is 24.9. The Kier molecular flexibility index (Phi) is 8.99. The summed E-state index contributed by atoms with van der Waals surface area (Å²) in [5.74, 6) is -2.57. The van der Waals surface area contributed by atoms with E-state index in [4.69, 9.17) is 14.2 Å². The van der Waals surface area contributed by atoms with Crippen molar-refractivity contribution in [2.45, 2.75) is 70.2 Å². The lowest BCUT2D eigenvalue weighted by atomic mass is 9.62. The lowest BCUT2D eigenvalue weighted by molar-refractivity contribution is -0.162. The van der Waals surface area contributed by atoms with Gasteiger partial charge in [0.1, 0.15) is 23.3 Å². The van der Waals surface area contributed by atoms with E-state index in [0.717, 1.165) is 0 Å².